The van der Waals surface area contributed by atoms with Crippen LogP contribution in [0, 0.1) is 5.82 Å². The summed E-state index contributed by atoms with van der Waals surface area (Å²) in [5.41, 5.74) is 5.79. The number of rotatable bonds is 4. The third kappa shape index (κ3) is 3.08. The maximum atomic E-state index is 13.0. The highest BCUT2D eigenvalue weighted by atomic mass is 79.9. The largest absolute Gasteiger partial charge is 0.483 e. The molecular weight excluding hydrogens is 341 g/mol. The molecular formula is C14H15BrFN3O2. The molecule has 0 spiro atoms. The van der Waals surface area contributed by atoms with Crippen LogP contribution in [0.4, 0.5) is 4.39 Å². The predicted octanol–water partition coefficient (Wildman–Crippen LogP) is 3.28. The van der Waals surface area contributed by atoms with Crippen molar-refractivity contribution in [3.05, 3.63) is 40.2 Å². The van der Waals surface area contributed by atoms with Gasteiger partial charge in [-0.3, -0.25) is 0 Å². The lowest BCUT2D eigenvalue weighted by Gasteiger charge is -2.17. The van der Waals surface area contributed by atoms with E-state index < -0.39 is 5.54 Å². The van der Waals surface area contributed by atoms with Crippen molar-refractivity contribution in [2.24, 2.45) is 5.73 Å². The topological polar surface area (TPSA) is 74.2 Å². The maximum Gasteiger partial charge on any atom is 0.264 e. The van der Waals surface area contributed by atoms with Crippen molar-refractivity contribution in [2.45, 2.75) is 37.8 Å². The van der Waals surface area contributed by atoms with Gasteiger partial charge in [0.25, 0.3) is 5.89 Å². The Kier molecular flexibility index (Phi) is 3.95. The fourth-order valence-corrected chi connectivity index (χ4v) is 2.94. The molecule has 7 heteroatoms. The van der Waals surface area contributed by atoms with Crippen molar-refractivity contribution in [2.75, 3.05) is 0 Å². The van der Waals surface area contributed by atoms with Crippen LogP contribution in [0.25, 0.3) is 0 Å². The van der Waals surface area contributed by atoms with Crippen molar-refractivity contribution in [3.8, 4) is 5.75 Å². The molecule has 2 aromatic rings. The molecule has 0 unspecified atom stereocenters. The molecule has 2 N–H and O–H groups in total. The van der Waals surface area contributed by atoms with Crippen LogP contribution in [-0.2, 0) is 12.1 Å². The van der Waals surface area contributed by atoms with E-state index in [1.807, 2.05) is 0 Å². The average Bonchev–Trinajstić information content (AvgIpc) is 3.08. The van der Waals surface area contributed by atoms with Crippen molar-refractivity contribution < 1.29 is 13.7 Å². The van der Waals surface area contributed by atoms with Gasteiger partial charge in [-0.1, -0.05) is 18.0 Å². The number of halogens is 2. The summed E-state index contributed by atoms with van der Waals surface area (Å²) in [6.45, 7) is 0.118. The summed E-state index contributed by atoms with van der Waals surface area (Å²) in [6.07, 6.45) is 3.91. The van der Waals surface area contributed by atoms with Crippen molar-refractivity contribution in [1.29, 1.82) is 0 Å². The van der Waals surface area contributed by atoms with Crippen LogP contribution < -0.4 is 10.5 Å². The van der Waals surface area contributed by atoms with E-state index >= 15 is 0 Å². The first-order valence-electron chi connectivity index (χ1n) is 6.77. The zero-order chi connectivity index (χ0) is 14.9. The molecule has 0 atom stereocenters. The summed E-state index contributed by atoms with van der Waals surface area (Å²) in [7, 11) is 0. The first kappa shape index (κ1) is 14.5. The molecule has 1 aromatic carbocycles. The lowest BCUT2D eigenvalue weighted by Crippen LogP contribution is -2.34. The molecule has 0 radical (unpaired) electrons. The Hall–Kier alpha value is -1.47. The second-order valence-corrected chi connectivity index (χ2v) is 6.09. The second kappa shape index (κ2) is 5.73. The third-order valence-electron chi connectivity index (χ3n) is 3.65. The number of hydrogen-bond acceptors (Lipinski definition) is 5. The van der Waals surface area contributed by atoms with Gasteiger partial charge in [-0.15, -0.1) is 0 Å². The van der Waals surface area contributed by atoms with Crippen LogP contribution >= 0.6 is 15.9 Å². The van der Waals surface area contributed by atoms with Crippen LogP contribution in [0.3, 0.4) is 0 Å². The minimum atomic E-state index is -0.474. The van der Waals surface area contributed by atoms with Crippen molar-refractivity contribution in [1.82, 2.24) is 10.1 Å². The second-order valence-electron chi connectivity index (χ2n) is 5.24. The Labute approximate surface area is 129 Å². The van der Waals surface area contributed by atoms with E-state index in [1.165, 1.54) is 18.2 Å². The van der Waals surface area contributed by atoms with Gasteiger partial charge < -0.3 is 15.0 Å². The molecule has 1 aliphatic carbocycles. The third-order valence-corrected chi connectivity index (χ3v) is 4.27. The van der Waals surface area contributed by atoms with Gasteiger partial charge in [0.2, 0.25) is 0 Å². The summed E-state index contributed by atoms with van der Waals surface area (Å²) in [5.74, 6) is 1.08. The molecule has 0 bridgehead atoms. The number of aromatic nitrogens is 2. The Bertz CT molecular complexity index is 641. The molecule has 1 aliphatic rings. The number of nitrogens with two attached hydrogens (primary N) is 1. The average molecular weight is 356 g/mol. The van der Waals surface area contributed by atoms with E-state index in [-0.39, 0.29) is 12.4 Å². The standard InChI is InChI=1S/C14H15BrFN3O2/c15-10-7-9(16)3-4-11(10)20-8-12-18-13(19-21-12)14(17)5-1-2-6-14/h3-4,7H,1-2,5-6,8,17H2. The van der Waals surface area contributed by atoms with Gasteiger partial charge in [0.1, 0.15) is 11.6 Å². The summed E-state index contributed by atoms with van der Waals surface area (Å²) in [6, 6.07) is 4.20. The Morgan fingerprint density at radius 3 is 2.86 bits per heavy atom. The highest BCUT2D eigenvalue weighted by Gasteiger charge is 2.35. The maximum absolute atomic E-state index is 13.0. The van der Waals surface area contributed by atoms with E-state index in [0.29, 0.717) is 21.9 Å². The summed E-state index contributed by atoms with van der Waals surface area (Å²) >= 11 is 3.24. The summed E-state index contributed by atoms with van der Waals surface area (Å²) in [5, 5.41) is 3.96. The van der Waals surface area contributed by atoms with Gasteiger partial charge in [0.05, 0.1) is 10.0 Å². The van der Waals surface area contributed by atoms with Gasteiger partial charge in [-0.25, -0.2) is 4.39 Å². The molecule has 0 aliphatic heterocycles. The van der Waals surface area contributed by atoms with Crippen LogP contribution in [0.1, 0.15) is 37.4 Å². The Morgan fingerprint density at radius 1 is 1.38 bits per heavy atom. The first-order valence-corrected chi connectivity index (χ1v) is 7.56. The van der Waals surface area contributed by atoms with Crippen LogP contribution in [0.15, 0.2) is 27.2 Å². The normalized spacial score (nSPS) is 17.1. The fraction of sp³-hybridized carbons (Fsp3) is 0.429. The first-order chi connectivity index (χ1) is 10.1. The summed E-state index contributed by atoms with van der Waals surface area (Å²) < 4.78 is 24.2. The van der Waals surface area contributed by atoms with Gasteiger partial charge in [-0.05, 0) is 47.0 Å². The molecule has 0 amide bonds. The van der Waals surface area contributed by atoms with Gasteiger partial charge in [0.15, 0.2) is 12.4 Å². The van der Waals surface area contributed by atoms with E-state index in [1.54, 1.807) is 0 Å². The predicted molar refractivity (Wildman–Crippen MR) is 77.1 cm³/mol. The zero-order valence-corrected chi connectivity index (χ0v) is 12.9. The van der Waals surface area contributed by atoms with Crippen LogP contribution in [0.5, 0.6) is 5.75 Å². The number of ether oxygens (including phenoxy) is 1. The van der Waals surface area contributed by atoms with Gasteiger partial charge in [0, 0.05) is 0 Å². The van der Waals surface area contributed by atoms with Crippen LogP contribution in [0.2, 0.25) is 0 Å². The summed E-state index contributed by atoms with van der Waals surface area (Å²) in [4.78, 5) is 4.31. The number of benzene rings is 1. The van der Waals surface area contributed by atoms with Crippen molar-refractivity contribution in [3.63, 3.8) is 0 Å². The zero-order valence-electron chi connectivity index (χ0n) is 11.3. The minimum absolute atomic E-state index is 0.118. The number of nitrogens with zero attached hydrogens (tertiary/aromatic N) is 2. The van der Waals surface area contributed by atoms with Gasteiger partial charge in [-0.2, -0.15) is 4.98 Å². The molecule has 21 heavy (non-hydrogen) atoms. The highest BCUT2D eigenvalue weighted by molar-refractivity contribution is 9.10. The molecule has 1 heterocycles. The molecule has 1 saturated carbocycles. The minimum Gasteiger partial charge on any atom is -0.483 e. The van der Waals surface area contributed by atoms with E-state index in [2.05, 4.69) is 26.1 Å². The molecule has 3 rings (SSSR count). The van der Waals surface area contributed by atoms with E-state index in [0.717, 1.165) is 25.7 Å². The van der Waals surface area contributed by atoms with E-state index in [4.69, 9.17) is 15.0 Å². The molecule has 1 aromatic heterocycles. The SMILES string of the molecule is NC1(c2noc(COc3ccc(F)cc3Br)n2)CCCC1. The molecule has 1 fully saturated rings. The lowest BCUT2D eigenvalue weighted by molar-refractivity contribution is 0.240. The fourth-order valence-electron chi connectivity index (χ4n) is 2.48. The lowest BCUT2D eigenvalue weighted by atomic mass is 9.99. The van der Waals surface area contributed by atoms with E-state index in [9.17, 15) is 4.39 Å². The quantitative estimate of drug-likeness (QED) is 0.910. The van der Waals surface area contributed by atoms with Crippen molar-refractivity contribution >= 4 is 15.9 Å². The Balaban J connectivity index is 1.67. The Morgan fingerprint density at radius 2 is 2.14 bits per heavy atom. The van der Waals surface area contributed by atoms with Crippen LogP contribution in [-0.4, -0.2) is 10.1 Å². The molecule has 112 valence electrons. The monoisotopic (exact) mass is 355 g/mol. The number of hydrogen-bond donors (Lipinski definition) is 1. The molecule has 5 nitrogen and oxygen atoms in total. The molecule has 0 saturated heterocycles. The smallest absolute Gasteiger partial charge is 0.264 e. The highest BCUT2D eigenvalue weighted by Crippen LogP contribution is 2.34. The van der Waals surface area contributed by atoms with Gasteiger partial charge >= 0.3 is 0 Å².